The second-order valence-electron chi connectivity index (χ2n) is 4.37. The van der Waals surface area contributed by atoms with Crippen molar-refractivity contribution in [3.8, 4) is 0 Å². The van der Waals surface area contributed by atoms with Gasteiger partial charge in [0.25, 0.3) is 0 Å². The van der Waals surface area contributed by atoms with Crippen LogP contribution in [0.5, 0.6) is 0 Å². The largest absolute Gasteiger partial charge is 0.361 e. The number of H-pyrrole nitrogens is 1. The summed E-state index contributed by atoms with van der Waals surface area (Å²) in [5.41, 5.74) is 8.01. The third-order valence-electron chi connectivity index (χ3n) is 2.95. The van der Waals surface area contributed by atoms with Crippen LogP contribution >= 0.6 is 0 Å². The summed E-state index contributed by atoms with van der Waals surface area (Å²) in [7, 11) is 0. The second kappa shape index (κ2) is 6.15. The van der Waals surface area contributed by atoms with Crippen molar-refractivity contribution >= 4 is 22.7 Å². The summed E-state index contributed by atoms with van der Waals surface area (Å²) in [6.45, 7) is 0.710. The molecule has 100 valence electrons. The minimum absolute atomic E-state index is 0.148. The third kappa shape index (κ3) is 3.42. The lowest BCUT2D eigenvalue weighted by atomic mass is 10.1. The zero-order valence-electron chi connectivity index (χ0n) is 10.6. The molecule has 1 fully saturated rings. The Bertz CT molecular complexity index is 575. The van der Waals surface area contributed by atoms with Gasteiger partial charge in [0.05, 0.1) is 0 Å². The highest BCUT2D eigenvalue weighted by atomic mass is 16.2. The highest BCUT2D eigenvalue weighted by molar-refractivity contribution is 6.01. The quantitative estimate of drug-likeness (QED) is 0.705. The van der Waals surface area contributed by atoms with E-state index in [9.17, 15) is 9.59 Å². The topological polar surface area (TPSA) is 88.0 Å². The van der Waals surface area contributed by atoms with E-state index in [1.165, 1.54) is 16.5 Å². The number of hydrogen-bond acceptors (Lipinski definition) is 3. The molecule has 0 atom stereocenters. The van der Waals surface area contributed by atoms with Gasteiger partial charge in [0.1, 0.15) is 0 Å². The van der Waals surface area contributed by atoms with E-state index < -0.39 is 0 Å². The minimum atomic E-state index is -0.148. The van der Waals surface area contributed by atoms with Gasteiger partial charge in [-0.25, -0.2) is 0 Å². The zero-order chi connectivity index (χ0) is 13.7. The van der Waals surface area contributed by atoms with Crippen LogP contribution in [0, 0.1) is 0 Å². The summed E-state index contributed by atoms with van der Waals surface area (Å²) in [5, 5.41) is 3.43. The predicted octanol–water partition coefficient (Wildman–Crippen LogP) is 1.09. The number of rotatable bonds is 2. The second-order valence-corrected chi connectivity index (χ2v) is 4.37. The highest BCUT2D eigenvalue weighted by Gasteiger charge is 2.15. The lowest BCUT2D eigenvalue weighted by Gasteiger charge is -1.93. The number of carbonyl (C=O) groups is 2. The predicted molar refractivity (Wildman–Crippen MR) is 73.4 cm³/mol. The molecule has 1 aromatic carbocycles. The van der Waals surface area contributed by atoms with Gasteiger partial charge in [-0.2, -0.15) is 0 Å². The number of amides is 2. The molecule has 2 amide bonds. The number of nitrogens with one attached hydrogen (secondary N) is 2. The SMILES string of the molecule is NCCc1c[nH]c2ccccc12.O=C1CCC(=O)N1. The maximum Gasteiger partial charge on any atom is 0.227 e. The number of imide groups is 1. The van der Waals surface area contributed by atoms with E-state index in [0.717, 1.165) is 6.42 Å². The Labute approximate surface area is 111 Å². The monoisotopic (exact) mass is 259 g/mol. The molecule has 19 heavy (non-hydrogen) atoms. The van der Waals surface area contributed by atoms with E-state index in [0.29, 0.717) is 19.4 Å². The van der Waals surface area contributed by atoms with Crippen LogP contribution in [0.3, 0.4) is 0 Å². The van der Waals surface area contributed by atoms with Crippen molar-refractivity contribution in [3.63, 3.8) is 0 Å². The maximum atomic E-state index is 10.1. The Balaban J connectivity index is 0.000000163. The fraction of sp³-hybridized carbons (Fsp3) is 0.286. The van der Waals surface area contributed by atoms with Crippen molar-refractivity contribution in [1.82, 2.24) is 10.3 Å². The highest BCUT2D eigenvalue weighted by Crippen LogP contribution is 2.17. The summed E-state index contributed by atoms with van der Waals surface area (Å²) in [6.07, 6.45) is 3.74. The molecule has 0 spiro atoms. The van der Waals surface area contributed by atoms with Gasteiger partial charge in [0.2, 0.25) is 11.8 Å². The summed E-state index contributed by atoms with van der Waals surface area (Å²) in [6, 6.07) is 8.29. The van der Waals surface area contributed by atoms with Crippen molar-refractivity contribution in [1.29, 1.82) is 0 Å². The van der Waals surface area contributed by atoms with Crippen LogP contribution in [0.4, 0.5) is 0 Å². The van der Waals surface area contributed by atoms with Crippen LogP contribution in [-0.2, 0) is 16.0 Å². The van der Waals surface area contributed by atoms with E-state index in [4.69, 9.17) is 5.73 Å². The molecule has 1 aromatic heterocycles. The molecule has 5 heteroatoms. The molecule has 1 aliphatic rings. The smallest absolute Gasteiger partial charge is 0.227 e. The van der Waals surface area contributed by atoms with Gasteiger partial charge in [-0.15, -0.1) is 0 Å². The van der Waals surface area contributed by atoms with Crippen LogP contribution < -0.4 is 11.1 Å². The standard InChI is InChI=1S/C10H12N2.C4H5NO2/c11-6-5-8-7-12-10-4-2-1-3-9(8)10;6-3-1-2-4(7)5-3/h1-4,7,12H,5-6,11H2;1-2H2,(H,5,6,7). The van der Waals surface area contributed by atoms with Crippen molar-refractivity contribution in [2.45, 2.75) is 19.3 Å². The van der Waals surface area contributed by atoms with Gasteiger partial charge < -0.3 is 10.7 Å². The number of carbonyl (C=O) groups excluding carboxylic acids is 2. The molecule has 1 saturated heterocycles. The number of aromatic amines is 1. The van der Waals surface area contributed by atoms with Crippen LogP contribution in [0.25, 0.3) is 10.9 Å². The maximum absolute atomic E-state index is 10.1. The van der Waals surface area contributed by atoms with E-state index in [1.54, 1.807) is 0 Å². The van der Waals surface area contributed by atoms with E-state index >= 15 is 0 Å². The van der Waals surface area contributed by atoms with Gasteiger partial charge in [-0.1, -0.05) is 18.2 Å². The number of nitrogens with two attached hydrogens (primary N) is 1. The van der Waals surface area contributed by atoms with Crippen LogP contribution in [0.2, 0.25) is 0 Å². The van der Waals surface area contributed by atoms with E-state index in [2.05, 4.69) is 28.5 Å². The third-order valence-corrected chi connectivity index (χ3v) is 2.95. The molecular formula is C14H17N3O2. The molecule has 0 bridgehead atoms. The number of para-hydroxylation sites is 1. The first-order valence-corrected chi connectivity index (χ1v) is 6.28. The van der Waals surface area contributed by atoms with Gasteiger partial charge in [-0.3, -0.25) is 14.9 Å². The number of benzene rings is 1. The normalized spacial score (nSPS) is 14.2. The summed E-state index contributed by atoms with van der Waals surface area (Å²) in [5.74, 6) is -0.296. The number of fused-ring (bicyclic) bond motifs is 1. The van der Waals surface area contributed by atoms with Crippen molar-refractivity contribution in [3.05, 3.63) is 36.0 Å². The Morgan fingerprint density at radius 3 is 2.37 bits per heavy atom. The molecule has 0 saturated carbocycles. The molecule has 4 N–H and O–H groups in total. The summed E-state index contributed by atoms with van der Waals surface area (Å²) >= 11 is 0. The molecule has 2 heterocycles. The van der Waals surface area contributed by atoms with Crippen molar-refractivity contribution in [2.24, 2.45) is 5.73 Å². The average Bonchev–Trinajstić information content (AvgIpc) is 2.98. The molecule has 1 aliphatic heterocycles. The first-order chi connectivity index (χ1) is 9.20. The van der Waals surface area contributed by atoms with Gasteiger partial charge in [-0.05, 0) is 24.6 Å². The van der Waals surface area contributed by atoms with E-state index in [-0.39, 0.29) is 11.8 Å². The Morgan fingerprint density at radius 1 is 1.11 bits per heavy atom. The molecular weight excluding hydrogens is 242 g/mol. The lowest BCUT2D eigenvalue weighted by Crippen LogP contribution is -2.18. The minimum Gasteiger partial charge on any atom is -0.361 e. The first-order valence-electron chi connectivity index (χ1n) is 6.28. The Kier molecular flexibility index (Phi) is 4.30. The van der Waals surface area contributed by atoms with Crippen LogP contribution in [0.1, 0.15) is 18.4 Å². The van der Waals surface area contributed by atoms with Crippen LogP contribution in [-0.4, -0.2) is 23.3 Å². The Morgan fingerprint density at radius 2 is 1.79 bits per heavy atom. The summed E-state index contributed by atoms with van der Waals surface area (Å²) in [4.78, 5) is 23.5. The molecule has 3 rings (SSSR count). The van der Waals surface area contributed by atoms with Crippen LogP contribution in [0.15, 0.2) is 30.5 Å². The number of aromatic nitrogens is 1. The van der Waals surface area contributed by atoms with E-state index in [1.807, 2.05) is 12.3 Å². The van der Waals surface area contributed by atoms with Gasteiger partial charge >= 0.3 is 0 Å². The van der Waals surface area contributed by atoms with Gasteiger partial charge in [0, 0.05) is 29.9 Å². The zero-order valence-corrected chi connectivity index (χ0v) is 10.6. The molecule has 2 aromatic rings. The number of hydrogen-bond donors (Lipinski definition) is 3. The fourth-order valence-electron chi connectivity index (χ4n) is 2.00. The van der Waals surface area contributed by atoms with Crippen molar-refractivity contribution in [2.75, 3.05) is 6.54 Å². The molecule has 0 aliphatic carbocycles. The average molecular weight is 259 g/mol. The molecule has 5 nitrogen and oxygen atoms in total. The fourth-order valence-corrected chi connectivity index (χ4v) is 2.00. The molecule has 0 unspecified atom stereocenters. The van der Waals surface area contributed by atoms with Gasteiger partial charge in [0.15, 0.2) is 0 Å². The summed E-state index contributed by atoms with van der Waals surface area (Å²) < 4.78 is 0. The first kappa shape index (κ1) is 13.3. The Hall–Kier alpha value is -2.14. The lowest BCUT2D eigenvalue weighted by molar-refractivity contribution is -0.124. The van der Waals surface area contributed by atoms with Crippen molar-refractivity contribution < 1.29 is 9.59 Å². The molecule has 0 radical (unpaired) electrons.